The van der Waals surface area contributed by atoms with Crippen LogP contribution < -0.4 is 5.73 Å². The van der Waals surface area contributed by atoms with Crippen molar-refractivity contribution >= 4 is 11.3 Å². The Morgan fingerprint density at radius 1 is 1.11 bits per heavy atom. The van der Waals surface area contributed by atoms with E-state index >= 15 is 0 Å². The van der Waals surface area contributed by atoms with Crippen molar-refractivity contribution < 1.29 is 0 Å². The first kappa shape index (κ1) is 12.4. The van der Waals surface area contributed by atoms with E-state index in [-0.39, 0.29) is 0 Å². The first-order valence-corrected chi connectivity index (χ1v) is 8.80. The summed E-state index contributed by atoms with van der Waals surface area (Å²) in [6.07, 6.45) is 10.7. The molecule has 2 nitrogen and oxygen atoms in total. The van der Waals surface area contributed by atoms with Gasteiger partial charge in [-0.3, -0.25) is 4.90 Å². The number of nitrogens with two attached hydrogens (primary N) is 1. The van der Waals surface area contributed by atoms with Crippen molar-refractivity contribution in [1.29, 1.82) is 0 Å². The highest BCUT2D eigenvalue weighted by Crippen LogP contribution is 2.45. The summed E-state index contributed by atoms with van der Waals surface area (Å²) in [6.45, 7) is 0. The molecule has 104 valence electrons. The number of thiophene rings is 1. The molecule has 2 bridgehead atoms. The highest BCUT2D eigenvalue weighted by atomic mass is 32.1. The number of piperidine rings is 2. The number of hydrogen-bond donors (Lipinski definition) is 1. The molecule has 1 aromatic heterocycles. The number of fused-ring (bicyclic) bond motifs is 3. The van der Waals surface area contributed by atoms with Gasteiger partial charge in [0.05, 0.1) is 0 Å². The molecule has 0 spiro atoms. The zero-order valence-corrected chi connectivity index (χ0v) is 12.4. The minimum atomic E-state index is 0.456. The average Bonchev–Trinajstić information content (AvgIpc) is 2.86. The van der Waals surface area contributed by atoms with Crippen LogP contribution in [0.15, 0.2) is 11.4 Å². The van der Waals surface area contributed by atoms with Gasteiger partial charge in [-0.05, 0) is 62.0 Å². The van der Waals surface area contributed by atoms with Crippen LogP contribution in [0.1, 0.15) is 61.4 Å². The first-order valence-electron chi connectivity index (χ1n) is 7.92. The predicted octanol–water partition coefficient (Wildman–Crippen LogP) is 3.47. The zero-order chi connectivity index (χ0) is 12.8. The highest BCUT2D eigenvalue weighted by molar-refractivity contribution is 7.10. The van der Waals surface area contributed by atoms with Crippen LogP contribution in [0.3, 0.4) is 0 Å². The Hall–Kier alpha value is -0.380. The molecule has 3 heterocycles. The van der Waals surface area contributed by atoms with Gasteiger partial charge in [0.1, 0.15) is 0 Å². The van der Waals surface area contributed by atoms with Gasteiger partial charge in [0.15, 0.2) is 0 Å². The predicted molar refractivity (Wildman–Crippen MR) is 80.5 cm³/mol. The van der Waals surface area contributed by atoms with Crippen LogP contribution in [-0.2, 0) is 6.42 Å². The molecule has 0 radical (unpaired) electrons. The van der Waals surface area contributed by atoms with Crippen molar-refractivity contribution in [2.75, 3.05) is 0 Å². The molecule has 2 N–H and O–H groups in total. The molecular weight excluding hydrogens is 252 g/mol. The van der Waals surface area contributed by atoms with Crippen molar-refractivity contribution in [3.8, 4) is 0 Å². The Balaban J connectivity index is 1.66. The van der Waals surface area contributed by atoms with Crippen LogP contribution in [0.4, 0.5) is 0 Å². The summed E-state index contributed by atoms with van der Waals surface area (Å²) in [5, 5.41) is 2.30. The van der Waals surface area contributed by atoms with Crippen molar-refractivity contribution in [3.05, 3.63) is 21.9 Å². The minimum Gasteiger partial charge on any atom is -0.328 e. The summed E-state index contributed by atoms with van der Waals surface area (Å²) in [5.74, 6) is 0. The van der Waals surface area contributed by atoms with Crippen LogP contribution in [0.25, 0.3) is 0 Å². The molecule has 1 aliphatic carbocycles. The van der Waals surface area contributed by atoms with Gasteiger partial charge in [0.25, 0.3) is 0 Å². The molecule has 4 rings (SSSR count). The van der Waals surface area contributed by atoms with E-state index in [0.29, 0.717) is 12.1 Å². The van der Waals surface area contributed by atoms with E-state index in [1.807, 2.05) is 11.3 Å². The monoisotopic (exact) mass is 276 g/mol. The third-order valence-corrected chi connectivity index (χ3v) is 6.44. The molecule has 0 amide bonds. The standard InChI is InChI=1S/C16H24N2S/c17-11-9-12-3-1-4-13(10-11)18(12)15-5-2-6-16-14(15)7-8-19-16/h7-8,11-13,15H,1-6,9-10,17H2. The fourth-order valence-corrected chi connectivity index (χ4v) is 5.72. The maximum absolute atomic E-state index is 6.27. The van der Waals surface area contributed by atoms with Crippen LogP contribution in [0.2, 0.25) is 0 Å². The maximum Gasteiger partial charge on any atom is 0.0365 e. The third-order valence-electron chi connectivity index (χ3n) is 5.45. The summed E-state index contributed by atoms with van der Waals surface area (Å²) in [6, 6.07) is 5.08. The van der Waals surface area contributed by atoms with Crippen molar-refractivity contribution in [1.82, 2.24) is 4.90 Å². The Morgan fingerprint density at radius 2 is 1.89 bits per heavy atom. The summed E-state index contributed by atoms with van der Waals surface area (Å²) < 4.78 is 0. The molecule has 2 saturated heterocycles. The molecule has 0 saturated carbocycles. The SMILES string of the molecule is NC1CC2CCCC(C1)N2C1CCCc2sccc21. The molecule has 2 fully saturated rings. The molecule has 2 aliphatic heterocycles. The number of aryl methyl sites for hydroxylation is 1. The van der Waals surface area contributed by atoms with E-state index in [9.17, 15) is 0 Å². The van der Waals surface area contributed by atoms with Gasteiger partial charge in [-0.2, -0.15) is 0 Å². The second kappa shape index (κ2) is 4.87. The Labute approximate surface area is 120 Å². The zero-order valence-electron chi connectivity index (χ0n) is 11.6. The highest BCUT2D eigenvalue weighted by Gasteiger charge is 2.42. The second-order valence-corrected chi connectivity index (χ2v) is 7.63. The summed E-state index contributed by atoms with van der Waals surface area (Å²) in [7, 11) is 0. The number of rotatable bonds is 1. The molecule has 0 aromatic carbocycles. The van der Waals surface area contributed by atoms with Gasteiger partial charge in [-0.15, -0.1) is 11.3 Å². The summed E-state index contributed by atoms with van der Waals surface area (Å²) in [5.41, 5.74) is 7.92. The first-order chi connectivity index (χ1) is 9.33. The Morgan fingerprint density at radius 3 is 2.68 bits per heavy atom. The molecule has 19 heavy (non-hydrogen) atoms. The third kappa shape index (κ3) is 2.07. The molecular formula is C16H24N2S. The lowest BCUT2D eigenvalue weighted by molar-refractivity contribution is -0.0118. The molecule has 3 aliphatic rings. The molecule has 3 unspecified atom stereocenters. The van der Waals surface area contributed by atoms with E-state index in [1.165, 1.54) is 51.4 Å². The lowest BCUT2D eigenvalue weighted by Gasteiger charge is -2.52. The maximum atomic E-state index is 6.27. The van der Waals surface area contributed by atoms with Crippen LogP contribution >= 0.6 is 11.3 Å². The van der Waals surface area contributed by atoms with Gasteiger partial charge in [-0.25, -0.2) is 0 Å². The Bertz CT molecular complexity index is 441. The minimum absolute atomic E-state index is 0.456. The van der Waals surface area contributed by atoms with Gasteiger partial charge in [-0.1, -0.05) is 6.42 Å². The quantitative estimate of drug-likeness (QED) is 0.851. The smallest absolute Gasteiger partial charge is 0.0365 e. The number of hydrogen-bond acceptors (Lipinski definition) is 3. The lowest BCUT2D eigenvalue weighted by Crippen LogP contribution is -2.56. The molecule has 1 aromatic rings. The van der Waals surface area contributed by atoms with Crippen molar-refractivity contribution in [2.24, 2.45) is 5.73 Å². The van der Waals surface area contributed by atoms with Gasteiger partial charge >= 0.3 is 0 Å². The summed E-state index contributed by atoms with van der Waals surface area (Å²) in [4.78, 5) is 4.54. The van der Waals surface area contributed by atoms with Crippen molar-refractivity contribution in [3.63, 3.8) is 0 Å². The van der Waals surface area contributed by atoms with E-state index in [1.54, 1.807) is 10.4 Å². The van der Waals surface area contributed by atoms with Crippen LogP contribution in [-0.4, -0.2) is 23.0 Å². The molecule has 3 atom stereocenters. The van der Waals surface area contributed by atoms with Crippen LogP contribution in [0, 0.1) is 0 Å². The lowest BCUT2D eigenvalue weighted by atomic mass is 9.78. The van der Waals surface area contributed by atoms with E-state index < -0.39 is 0 Å². The normalized spacial score (nSPS) is 39.0. The Kier molecular flexibility index (Phi) is 3.17. The fourth-order valence-electron chi connectivity index (χ4n) is 4.74. The van der Waals surface area contributed by atoms with E-state index in [4.69, 9.17) is 5.73 Å². The van der Waals surface area contributed by atoms with Gasteiger partial charge in [0.2, 0.25) is 0 Å². The largest absolute Gasteiger partial charge is 0.328 e. The second-order valence-electron chi connectivity index (χ2n) is 6.62. The van der Waals surface area contributed by atoms with Gasteiger partial charge in [0, 0.05) is 29.0 Å². The van der Waals surface area contributed by atoms with E-state index in [0.717, 1.165) is 12.1 Å². The summed E-state index contributed by atoms with van der Waals surface area (Å²) >= 11 is 1.97. The van der Waals surface area contributed by atoms with Gasteiger partial charge < -0.3 is 5.73 Å². The number of nitrogens with zero attached hydrogens (tertiary/aromatic N) is 1. The van der Waals surface area contributed by atoms with Crippen LogP contribution in [0.5, 0.6) is 0 Å². The average molecular weight is 276 g/mol. The fraction of sp³-hybridized carbons (Fsp3) is 0.750. The van der Waals surface area contributed by atoms with Crippen molar-refractivity contribution in [2.45, 2.75) is 75.5 Å². The molecule has 3 heteroatoms. The van der Waals surface area contributed by atoms with E-state index in [2.05, 4.69) is 16.3 Å². The topological polar surface area (TPSA) is 29.3 Å².